The van der Waals surface area contributed by atoms with Gasteiger partial charge in [0.15, 0.2) is 11.8 Å². The number of anilines is 1. The number of allylic oxidation sites excluding steroid dienone is 2. The number of methoxy groups -OCH3 is 1. The third kappa shape index (κ3) is 7.93. The van der Waals surface area contributed by atoms with E-state index in [1.54, 1.807) is 13.2 Å². The first-order valence-corrected chi connectivity index (χ1v) is 23.0. The third-order valence-electron chi connectivity index (χ3n) is 13.1. The Morgan fingerprint density at radius 2 is 1.39 bits per heavy atom. The molecule has 0 aliphatic carbocycles. The number of halogens is 3. The van der Waals surface area contributed by atoms with Gasteiger partial charge < -0.3 is 10.2 Å². The van der Waals surface area contributed by atoms with Gasteiger partial charge in [-0.05, 0) is 85.7 Å². The van der Waals surface area contributed by atoms with Gasteiger partial charge in [0, 0.05) is 39.1 Å². The summed E-state index contributed by atoms with van der Waals surface area (Å²) in [6.07, 6.45) is -3.42. The van der Waals surface area contributed by atoms with E-state index in [1.165, 1.54) is 12.1 Å². The van der Waals surface area contributed by atoms with Crippen molar-refractivity contribution in [3.63, 3.8) is 0 Å². The first-order valence-electron chi connectivity index (χ1n) is 23.0. The number of aromatic nitrogens is 3. The van der Waals surface area contributed by atoms with Gasteiger partial charge in [-0.1, -0.05) is 128 Å². The minimum Gasteiger partial charge on any atom is -0.496 e. The average Bonchev–Trinajstić information content (AvgIpc) is 3.91. The summed E-state index contributed by atoms with van der Waals surface area (Å²) in [5.74, 6) is 0.624. The fourth-order valence-electron chi connectivity index (χ4n) is 9.72. The second kappa shape index (κ2) is 18.4. The Hall–Kier alpha value is -8.74. The van der Waals surface area contributed by atoms with Crippen molar-refractivity contribution in [3.8, 4) is 46.0 Å². The highest BCUT2D eigenvalue weighted by atomic mass is 19.4. The normalized spacial score (nSPS) is 14.6. The van der Waals surface area contributed by atoms with Crippen molar-refractivity contribution < 1.29 is 17.9 Å². The van der Waals surface area contributed by atoms with Crippen LogP contribution in [0.15, 0.2) is 173 Å². The van der Waals surface area contributed by atoms with Gasteiger partial charge in [0.2, 0.25) is 0 Å². The second-order valence-corrected chi connectivity index (χ2v) is 17.2. The highest BCUT2D eigenvalue weighted by Gasteiger charge is 2.43. The largest absolute Gasteiger partial charge is 0.496 e. The molecule has 9 nitrogen and oxygen atoms in total. The number of para-hydroxylation sites is 3. The lowest BCUT2D eigenvalue weighted by Gasteiger charge is -2.32. The van der Waals surface area contributed by atoms with Crippen LogP contribution >= 0.6 is 0 Å². The number of aliphatic imine (C=N–C) groups is 1. The zero-order chi connectivity index (χ0) is 48.7. The number of hydrazine groups is 1. The van der Waals surface area contributed by atoms with E-state index in [0.29, 0.717) is 63.6 Å². The van der Waals surface area contributed by atoms with Gasteiger partial charge in [0.1, 0.15) is 17.9 Å². The molecule has 0 spiro atoms. The Labute approximate surface area is 403 Å². The van der Waals surface area contributed by atoms with Gasteiger partial charge in [-0.3, -0.25) is 10.0 Å². The van der Waals surface area contributed by atoms with Crippen LogP contribution in [0.4, 0.5) is 18.9 Å². The molecule has 70 heavy (non-hydrogen) atoms. The molecule has 0 saturated heterocycles. The van der Waals surface area contributed by atoms with Crippen molar-refractivity contribution in [3.05, 3.63) is 213 Å². The third-order valence-corrected chi connectivity index (χ3v) is 13.1. The van der Waals surface area contributed by atoms with Crippen LogP contribution in [-0.4, -0.2) is 33.8 Å². The van der Waals surface area contributed by atoms with Crippen molar-refractivity contribution in [1.82, 2.24) is 20.2 Å². The second-order valence-electron chi connectivity index (χ2n) is 17.2. The molecule has 0 bridgehead atoms. The summed E-state index contributed by atoms with van der Waals surface area (Å²) in [6, 6.07) is 51.3. The summed E-state index contributed by atoms with van der Waals surface area (Å²) in [5, 5.41) is 29.3. The number of alkyl halides is 3. The number of aryl methyl sites for hydroxylation is 4. The molecule has 2 aliphatic rings. The highest BCUT2D eigenvalue weighted by molar-refractivity contribution is 6.22. The van der Waals surface area contributed by atoms with Crippen LogP contribution in [0.25, 0.3) is 44.7 Å². The monoisotopic (exact) mass is 926 g/mol. The number of dihydropyridines is 1. The van der Waals surface area contributed by atoms with Crippen LogP contribution in [0.3, 0.4) is 0 Å². The molecular formula is C58H45F3N8O. The summed E-state index contributed by atoms with van der Waals surface area (Å²) in [4.78, 5) is 10.4. The smallest absolute Gasteiger partial charge is 0.417 e. The molecule has 1 atom stereocenters. The maximum absolute atomic E-state index is 14.8. The lowest BCUT2D eigenvalue weighted by Crippen LogP contribution is -2.41. The number of benzene rings is 6. The van der Waals surface area contributed by atoms with E-state index in [2.05, 4.69) is 17.6 Å². The number of pyridine rings is 1. The summed E-state index contributed by atoms with van der Waals surface area (Å²) in [6.45, 7) is 5.78. The zero-order valence-electron chi connectivity index (χ0n) is 38.8. The molecule has 2 aromatic heterocycles. The van der Waals surface area contributed by atoms with Crippen molar-refractivity contribution in [2.75, 3.05) is 12.1 Å². The first kappa shape index (κ1) is 45.1. The number of nitriles is 2. The Kier molecular flexibility index (Phi) is 11.8. The Balaban J connectivity index is 1.01. The lowest BCUT2D eigenvalue weighted by molar-refractivity contribution is -0.137. The maximum Gasteiger partial charge on any atom is 0.417 e. The molecule has 1 N–H and O–H groups in total. The summed E-state index contributed by atoms with van der Waals surface area (Å²) in [5.41, 5.74) is 14.1. The Morgan fingerprint density at radius 1 is 0.729 bits per heavy atom. The molecule has 10 rings (SSSR count). The molecule has 12 heteroatoms. The van der Waals surface area contributed by atoms with Crippen LogP contribution in [0.5, 0.6) is 5.75 Å². The predicted octanol–water partition coefficient (Wildman–Crippen LogP) is 12.7. The summed E-state index contributed by atoms with van der Waals surface area (Å²) in [7, 11) is 1.62. The molecule has 1 unspecified atom stereocenters. The fourth-order valence-corrected chi connectivity index (χ4v) is 9.72. The molecule has 0 radical (unpaired) electrons. The molecule has 0 saturated carbocycles. The number of hydrogen-bond acceptors (Lipinski definition) is 8. The van der Waals surface area contributed by atoms with Gasteiger partial charge in [0.25, 0.3) is 0 Å². The zero-order valence-corrected chi connectivity index (χ0v) is 38.8. The van der Waals surface area contributed by atoms with Crippen molar-refractivity contribution in [1.29, 1.82) is 10.5 Å². The predicted molar refractivity (Wildman–Crippen MR) is 268 cm³/mol. The van der Waals surface area contributed by atoms with Crippen molar-refractivity contribution >= 4 is 28.0 Å². The maximum atomic E-state index is 14.8. The molecule has 0 amide bonds. The average molecular weight is 927 g/mol. The Bertz CT molecular complexity index is 3520. The molecular weight excluding hydrogens is 882 g/mol. The number of nitrogens with one attached hydrogen (secondary N) is 1. The van der Waals surface area contributed by atoms with E-state index in [0.717, 1.165) is 62.8 Å². The van der Waals surface area contributed by atoms with E-state index in [1.807, 2.05) is 158 Å². The number of rotatable bonds is 11. The minimum absolute atomic E-state index is 0.0752. The molecule has 344 valence electrons. The summed E-state index contributed by atoms with van der Waals surface area (Å²) >= 11 is 0. The van der Waals surface area contributed by atoms with Gasteiger partial charge >= 0.3 is 6.18 Å². The fraction of sp³-hybridized carbons (Fsp3) is 0.155. The lowest BCUT2D eigenvalue weighted by atomic mass is 9.83. The van der Waals surface area contributed by atoms with Crippen LogP contribution in [0.2, 0.25) is 0 Å². The van der Waals surface area contributed by atoms with Crippen LogP contribution in [0.1, 0.15) is 58.5 Å². The van der Waals surface area contributed by atoms with Gasteiger partial charge in [-0.15, -0.1) is 0 Å². The first-order chi connectivity index (χ1) is 34.0. The van der Waals surface area contributed by atoms with Gasteiger partial charge in [-0.25, -0.2) is 9.67 Å². The topological polar surface area (TPSA) is 115 Å². The van der Waals surface area contributed by atoms with Gasteiger partial charge in [0.05, 0.1) is 57.7 Å². The van der Waals surface area contributed by atoms with Crippen LogP contribution in [0, 0.1) is 29.6 Å². The molecule has 2 aliphatic heterocycles. The Morgan fingerprint density at radius 3 is 2.09 bits per heavy atom. The minimum atomic E-state index is -4.67. The van der Waals surface area contributed by atoms with E-state index in [4.69, 9.17) is 19.8 Å². The van der Waals surface area contributed by atoms with Crippen LogP contribution in [-0.2, 0) is 25.4 Å². The van der Waals surface area contributed by atoms with Crippen molar-refractivity contribution in [2.45, 2.75) is 52.4 Å². The SMILES string of the molecule is CCc1ccc(C2=NC3C(=C(C)NN3c3ccccc3CCc3ccc(-c4nc5c(c(C)nn5-c5ccccc5)c(-c5ccccc5OC)c4C#N)cc3)C(c3ccccc3C(F)(F)F)=C2C#N)cc1. The molecule has 0 fully saturated rings. The molecule has 6 aromatic carbocycles. The quantitative estimate of drug-likeness (QED) is 0.137. The number of ether oxygens (including phenoxy) is 1. The number of hydrogen-bond donors (Lipinski definition) is 1. The van der Waals surface area contributed by atoms with E-state index in [-0.39, 0.29) is 16.7 Å². The van der Waals surface area contributed by atoms with E-state index < -0.39 is 17.9 Å². The number of fused-ring (bicyclic) bond motifs is 2. The van der Waals surface area contributed by atoms with Crippen molar-refractivity contribution in [2.24, 2.45) is 4.99 Å². The number of nitrogens with zero attached hydrogens (tertiary/aromatic N) is 7. The highest BCUT2D eigenvalue weighted by Crippen LogP contribution is 2.47. The summed E-state index contributed by atoms with van der Waals surface area (Å²) < 4.78 is 52.0. The standard InChI is InChI=1S/C58H45F3N8O/c1-5-37-23-29-40(30-24-37)54-45(33-62)52(43-18-10-12-20-47(43)58(59,60)61)50-36(3)67-69(57(50)65-54)48-21-13-9-15-39(48)28-25-38-26-31-41(32-27-38)55-46(34-63)53(44-19-11-14-22-49(44)70-4)51-35(2)66-68(56(51)64-55)42-16-7-6-8-17-42/h6-24,26-27,29-32,57,67H,5,25,28H2,1-4H3. The van der Waals surface area contributed by atoms with E-state index >= 15 is 0 Å². The van der Waals surface area contributed by atoms with E-state index in [9.17, 15) is 23.7 Å². The molecule has 4 heterocycles. The van der Waals surface area contributed by atoms with Gasteiger partial charge in [-0.2, -0.15) is 28.8 Å². The van der Waals surface area contributed by atoms with Crippen LogP contribution < -0.4 is 15.2 Å². The molecule has 8 aromatic rings.